The number of anilines is 1. The van der Waals surface area contributed by atoms with Crippen molar-refractivity contribution in [2.24, 2.45) is 4.99 Å². The van der Waals surface area contributed by atoms with Crippen LogP contribution in [0.2, 0.25) is 5.02 Å². The van der Waals surface area contributed by atoms with Crippen LogP contribution in [0, 0.1) is 0 Å². The zero-order chi connectivity index (χ0) is 23.8. The molecule has 0 aromatic heterocycles. The summed E-state index contributed by atoms with van der Waals surface area (Å²) in [5, 5.41) is 0.695. The quantitative estimate of drug-likeness (QED) is 0.219. The number of halogens is 1. The van der Waals surface area contributed by atoms with Crippen molar-refractivity contribution < 1.29 is 4.65 Å². The zero-order valence-electron chi connectivity index (χ0n) is 19.6. The van der Waals surface area contributed by atoms with Gasteiger partial charge in [-0.05, 0) is 61.2 Å². The molecule has 0 atom stereocenters. The fourth-order valence-corrected chi connectivity index (χ4v) is 4.03. The molecule has 0 amide bonds. The van der Waals surface area contributed by atoms with Gasteiger partial charge in [0.15, 0.2) is 0 Å². The van der Waals surface area contributed by atoms with E-state index in [1.54, 1.807) is 0 Å². The number of aliphatic imine (C=N–C) groups is 1. The second-order valence-corrected chi connectivity index (χ2v) is 8.38. The van der Waals surface area contributed by atoms with E-state index in [2.05, 4.69) is 66.2 Å². The summed E-state index contributed by atoms with van der Waals surface area (Å²) in [5.74, 6) is 0.791. The van der Waals surface area contributed by atoms with E-state index in [9.17, 15) is 0 Å². The molecule has 0 saturated carbocycles. The third-order valence-electron chi connectivity index (χ3n) is 5.75. The van der Waals surface area contributed by atoms with Gasteiger partial charge in [0.1, 0.15) is 5.75 Å². The molecular weight excluding hydrogens is 439 g/mol. The lowest BCUT2D eigenvalue weighted by molar-refractivity contribution is 0.590. The molecule has 4 rings (SSSR count). The average Bonchev–Trinajstić information content (AvgIpc) is 2.89. The maximum absolute atomic E-state index is 6.77. The number of nitrogens with zero attached hydrogens (tertiary/aromatic N) is 2. The van der Waals surface area contributed by atoms with Crippen LogP contribution in [0.25, 0.3) is 0 Å². The first-order valence-corrected chi connectivity index (χ1v) is 12.0. The minimum absolute atomic E-state index is 0.239. The summed E-state index contributed by atoms with van der Waals surface area (Å²) in [6, 6.07) is 34.5. The standard InChI is InChI=1S/C29H28BClN2O/c1-3-33(4-2)28-20-15-23(22-32-27-18-16-26(31)17-19-27)29(21-28)34-30(24-11-7-5-8-12-24)25-13-9-6-10-14-25/h5-22H,3-4H2,1-2H3. The highest BCUT2D eigenvalue weighted by Crippen LogP contribution is 2.26. The van der Waals surface area contributed by atoms with Crippen LogP contribution >= 0.6 is 11.6 Å². The van der Waals surface area contributed by atoms with Crippen LogP contribution in [0.5, 0.6) is 5.75 Å². The van der Waals surface area contributed by atoms with Gasteiger partial charge >= 0.3 is 6.92 Å². The Hall–Kier alpha value is -3.50. The molecule has 0 saturated heterocycles. The highest BCUT2D eigenvalue weighted by Gasteiger charge is 2.24. The van der Waals surface area contributed by atoms with Crippen LogP contribution in [0.4, 0.5) is 11.4 Å². The van der Waals surface area contributed by atoms with Gasteiger partial charge in [0.2, 0.25) is 0 Å². The van der Waals surface area contributed by atoms with Crippen molar-refractivity contribution >= 4 is 47.0 Å². The van der Waals surface area contributed by atoms with Crippen molar-refractivity contribution in [2.45, 2.75) is 13.8 Å². The Morgan fingerprint density at radius 3 is 1.94 bits per heavy atom. The lowest BCUT2D eigenvalue weighted by Gasteiger charge is -2.24. The van der Waals surface area contributed by atoms with Crippen molar-refractivity contribution in [1.29, 1.82) is 0 Å². The predicted molar refractivity (Wildman–Crippen MR) is 147 cm³/mol. The van der Waals surface area contributed by atoms with Gasteiger partial charge in [-0.25, -0.2) is 0 Å². The monoisotopic (exact) mass is 466 g/mol. The Labute approximate surface area is 207 Å². The average molecular weight is 467 g/mol. The normalized spacial score (nSPS) is 10.9. The van der Waals surface area contributed by atoms with E-state index in [1.165, 1.54) is 0 Å². The molecule has 0 unspecified atom stereocenters. The third kappa shape index (κ3) is 5.89. The summed E-state index contributed by atoms with van der Waals surface area (Å²) in [6.07, 6.45) is 1.86. The van der Waals surface area contributed by atoms with Crippen molar-refractivity contribution in [3.63, 3.8) is 0 Å². The van der Waals surface area contributed by atoms with Crippen molar-refractivity contribution in [1.82, 2.24) is 0 Å². The maximum atomic E-state index is 6.77. The molecule has 0 N–H and O–H groups in total. The molecule has 5 heteroatoms. The van der Waals surface area contributed by atoms with E-state index in [0.717, 1.165) is 46.7 Å². The molecule has 4 aromatic rings. The van der Waals surface area contributed by atoms with Crippen LogP contribution in [0.15, 0.2) is 108 Å². The highest BCUT2D eigenvalue weighted by atomic mass is 35.5. The summed E-state index contributed by atoms with van der Waals surface area (Å²) in [4.78, 5) is 6.98. The molecule has 4 aromatic carbocycles. The van der Waals surface area contributed by atoms with Crippen molar-refractivity contribution in [2.75, 3.05) is 18.0 Å². The number of benzene rings is 4. The number of rotatable bonds is 9. The second kappa shape index (κ2) is 11.6. The molecular formula is C29H28BClN2O. The molecule has 0 aliphatic carbocycles. The summed E-state index contributed by atoms with van der Waals surface area (Å²) >= 11 is 6.03. The SMILES string of the molecule is CCN(CC)c1ccc(C=Nc2ccc(Cl)cc2)c(OB(c2ccccc2)c2ccccc2)c1. The summed E-state index contributed by atoms with van der Waals surface area (Å²) in [6.45, 7) is 5.94. The molecule has 3 nitrogen and oxygen atoms in total. The molecule has 34 heavy (non-hydrogen) atoms. The summed E-state index contributed by atoms with van der Waals surface area (Å²) in [5.41, 5.74) is 5.09. The minimum Gasteiger partial charge on any atom is -0.551 e. The molecule has 0 bridgehead atoms. The van der Waals surface area contributed by atoms with Gasteiger partial charge in [-0.1, -0.05) is 72.3 Å². The number of hydrogen-bond donors (Lipinski definition) is 0. The molecule has 0 aliphatic heterocycles. The van der Waals surface area contributed by atoms with E-state index >= 15 is 0 Å². The summed E-state index contributed by atoms with van der Waals surface area (Å²) in [7, 11) is 0. The molecule has 0 fully saturated rings. The second-order valence-electron chi connectivity index (χ2n) is 7.95. The molecule has 0 radical (unpaired) electrons. The van der Waals surface area contributed by atoms with Gasteiger partial charge in [-0.2, -0.15) is 0 Å². The Balaban J connectivity index is 1.75. The Morgan fingerprint density at radius 2 is 1.38 bits per heavy atom. The summed E-state index contributed by atoms with van der Waals surface area (Å²) < 4.78 is 6.77. The topological polar surface area (TPSA) is 24.8 Å². The Morgan fingerprint density at radius 1 is 0.794 bits per heavy atom. The maximum Gasteiger partial charge on any atom is 0.426 e. The van der Waals surface area contributed by atoms with Crippen LogP contribution in [0.1, 0.15) is 19.4 Å². The van der Waals surface area contributed by atoms with Crippen LogP contribution in [0.3, 0.4) is 0 Å². The Bertz CT molecular complexity index is 1170. The zero-order valence-corrected chi connectivity index (χ0v) is 20.3. The minimum atomic E-state index is -0.239. The fourth-order valence-electron chi connectivity index (χ4n) is 3.90. The smallest absolute Gasteiger partial charge is 0.426 e. The van der Waals surface area contributed by atoms with Crippen LogP contribution in [-0.4, -0.2) is 26.2 Å². The molecule has 0 aliphatic rings. The van der Waals surface area contributed by atoms with Gasteiger partial charge in [-0.15, -0.1) is 0 Å². The first-order chi connectivity index (χ1) is 16.7. The van der Waals surface area contributed by atoms with Gasteiger partial charge in [0.25, 0.3) is 0 Å². The largest absolute Gasteiger partial charge is 0.551 e. The van der Waals surface area contributed by atoms with Gasteiger partial charge in [0, 0.05) is 41.6 Å². The molecule has 0 spiro atoms. The first kappa shape index (κ1) is 23.7. The Kier molecular flexibility index (Phi) is 8.06. The number of hydrogen-bond acceptors (Lipinski definition) is 3. The predicted octanol–water partition coefficient (Wildman–Crippen LogP) is 6.12. The van der Waals surface area contributed by atoms with Gasteiger partial charge < -0.3 is 9.55 Å². The first-order valence-electron chi connectivity index (χ1n) is 11.6. The van der Waals surface area contributed by atoms with Gasteiger partial charge in [0.05, 0.1) is 5.69 Å². The third-order valence-corrected chi connectivity index (χ3v) is 6.01. The van der Waals surface area contributed by atoms with Crippen molar-refractivity contribution in [3.05, 3.63) is 114 Å². The lowest BCUT2D eigenvalue weighted by atomic mass is 9.55. The molecule has 170 valence electrons. The van der Waals surface area contributed by atoms with Crippen molar-refractivity contribution in [3.8, 4) is 5.75 Å². The molecule has 0 heterocycles. The van der Waals surface area contributed by atoms with E-state index in [1.807, 2.05) is 66.9 Å². The van der Waals surface area contributed by atoms with E-state index in [4.69, 9.17) is 16.3 Å². The fraction of sp³-hybridized carbons (Fsp3) is 0.138. The van der Waals surface area contributed by atoms with E-state index < -0.39 is 0 Å². The van der Waals surface area contributed by atoms with Crippen LogP contribution in [-0.2, 0) is 0 Å². The lowest BCUT2D eigenvalue weighted by Crippen LogP contribution is -2.47. The van der Waals surface area contributed by atoms with Crippen LogP contribution < -0.4 is 20.5 Å². The van der Waals surface area contributed by atoms with E-state index in [-0.39, 0.29) is 6.92 Å². The van der Waals surface area contributed by atoms with E-state index in [0.29, 0.717) is 5.02 Å². The van der Waals surface area contributed by atoms with Gasteiger partial charge in [-0.3, -0.25) is 4.99 Å². The highest BCUT2D eigenvalue weighted by molar-refractivity contribution is 6.80.